The van der Waals surface area contributed by atoms with E-state index >= 15 is 0 Å². The van der Waals surface area contributed by atoms with E-state index in [0.717, 1.165) is 19.5 Å². The number of nitrogens with one attached hydrogen (secondary N) is 1. The van der Waals surface area contributed by atoms with Gasteiger partial charge < -0.3 is 5.32 Å². The highest BCUT2D eigenvalue weighted by atomic mass is 19.1. The van der Waals surface area contributed by atoms with E-state index < -0.39 is 0 Å². The first-order valence-electron chi connectivity index (χ1n) is 5.70. The van der Waals surface area contributed by atoms with Crippen LogP contribution in [-0.2, 0) is 6.42 Å². The van der Waals surface area contributed by atoms with Crippen molar-refractivity contribution in [3.05, 3.63) is 35.4 Å². The molecule has 1 aliphatic heterocycles. The maximum Gasteiger partial charge on any atom is 0.0941 e. The molecule has 1 N–H and O–H groups in total. The first-order chi connectivity index (χ1) is 7.35. The summed E-state index contributed by atoms with van der Waals surface area (Å²) in [6.07, 6.45) is 1.07. The molecular weight excluding hydrogens is 189 g/mol. The van der Waals surface area contributed by atoms with Crippen LogP contribution in [0.15, 0.2) is 24.3 Å². The Bertz CT molecular complexity index is 307. The Morgan fingerprint density at radius 2 is 2.00 bits per heavy atom. The maximum absolute atomic E-state index is 12.7. The lowest BCUT2D eigenvalue weighted by atomic mass is 9.89. The molecule has 1 heterocycles. The van der Waals surface area contributed by atoms with Gasteiger partial charge in [-0.25, -0.2) is 0 Å². The molecule has 0 aliphatic carbocycles. The van der Waals surface area contributed by atoms with Crippen molar-refractivity contribution in [2.75, 3.05) is 19.8 Å². The van der Waals surface area contributed by atoms with E-state index in [2.05, 4.69) is 36.5 Å². The summed E-state index contributed by atoms with van der Waals surface area (Å²) in [5.41, 5.74) is 2.63. The van der Waals surface area contributed by atoms with E-state index in [4.69, 9.17) is 0 Å². The number of benzene rings is 1. The molecule has 1 aromatic rings. The van der Waals surface area contributed by atoms with Gasteiger partial charge in [0.15, 0.2) is 0 Å². The van der Waals surface area contributed by atoms with Crippen LogP contribution in [0, 0.1) is 5.92 Å². The van der Waals surface area contributed by atoms with Gasteiger partial charge in [0.1, 0.15) is 0 Å². The molecule has 1 aliphatic rings. The second-order valence-corrected chi connectivity index (χ2v) is 4.27. The van der Waals surface area contributed by atoms with Gasteiger partial charge in [-0.3, -0.25) is 4.39 Å². The lowest BCUT2D eigenvalue weighted by molar-refractivity contribution is 0.358. The van der Waals surface area contributed by atoms with Crippen LogP contribution >= 0.6 is 0 Å². The van der Waals surface area contributed by atoms with Crippen molar-refractivity contribution in [3.8, 4) is 0 Å². The molecule has 0 spiro atoms. The number of hydrogen-bond acceptors (Lipinski definition) is 1. The summed E-state index contributed by atoms with van der Waals surface area (Å²) in [6.45, 7) is 3.67. The van der Waals surface area contributed by atoms with Crippen LogP contribution in [-0.4, -0.2) is 19.8 Å². The number of aryl methyl sites for hydroxylation is 1. The summed E-state index contributed by atoms with van der Waals surface area (Å²) >= 11 is 0. The van der Waals surface area contributed by atoms with Crippen LogP contribution in [0.3, 0.4) is 0 Å². The zero-order valence-electron chi connectivity index (χ0n) is 9.17. The molecule has 1 nitrogen and oxygen atoms in total. The SMILES string of the molecule is CCc1ccc([C@H]2CNC[C@H]2CF)cc1. The zero-order valence-corrected chi connectivity index (χ0v) is 9.17. The Morgan fingerprint density at radius 3 is 2.60 bits per heavy atom. The van der Waals surface area contributed by atoms with Crippen LogP contribution in [0.2, 0.25) is 0 Å². The number of rotatable bonds is 3. The molecule has 0 unspecified atom stereocenters. The Kier molecular flexibility index (Phi) is 3.37. The largest absolute Gasteiger partial charge is 0.316 e. The quantitative estimate of drug-likeness (QED) is 0.803. The fraction of sp³-hybridized carbons (Fsp3) is 0.538. The third-order valence-electron chi connectivity index (χ3n) is 3.35. The molecule has 1 fully saturated rings. The summed E-state index contributed by atoms with van der Waals surface area (Å²) in [6, 6.07) is 8.62. The second kappa shape index (κ2) is 4.75. The van der Waals surface area contributed by atoms with Crippen molar-refractivity contribution in [2.45, 2.75) is 19.3 Å². The monoisotopic (exact) mass is 207 g/mol. The van der Waals surface area contributed by atoms with Gasteiger partial charge in [0.25, 0.3) is 0 Å². The van der Waals surface area contributed by atoms with E-state index in [9.17, 15) is 4.39 Å². The van der Waals surface area contributed by atoms with Crippen molar-refractivity contribution in [1.82, 2.24) is 5.32 Å². The van der Waals surface area contributed by atoms with Crippen LogP contribution in [0.25, 0.3) is 0 Å². The lowest BCUT2D eigenvalue weighted by Crippen LogP contribution is -2.12. The maximum atomic E-state index is 12.7. The second-order valence-electron chi connectivity index (χ2n) is 4.27. The molecule has 82 valence electrons. The fourth-order valence-corrected chi connectivity index (χ4v) is 2.29. The molecule has 0 radical (unpaired) electrons. The summed E-state index contributed by atoms with van der Waals surface area (Å²) in [7, 11) is 0. The van der Waals surface area contributed by atoms with Crippen LogP contribution in [0.5, 0.6) is 0 Å². The van der Waals surface area contributed by atoms with Gasteiger partial charge in [-0.15, -0.1) is 0 Å². The van der Waals surface area contributed by atoms with Crippen LogP contribution in [0.1, 0.15) is 24.0 Å². The third-order valence-corrected chi connectivity index (χ3v) is 3.35. The molecule has 1 aromatic carbocycles. The minimum Gasteiger partial charge on any atom is -0.316 e. The van der Waals surface area contributed by atoms with Gasteiger partial charge in [0.2, 0.25) is 0 Å². The van der Waals surface area contributed by atoms with Crippen molar-refractivity contribution in [2.24, 2.45) is 5.92 Å². The Morgan fingerprint density at radius 1 is 1.27 bits per heavy atom. The molecule has 2 atom stereocenters. The first kappa shape index (κ1) is 10.6. The molecule has 0 amide bonds. The standard InChI is InChI=1S/C13H18FN/c1-2-10-3-5-11(6-4-10)13-9-15-8-12(13)7-14/h3-6,12-13,15H,2,7-9H2,1H3/t12-,13-/m1/s1. The molecular formula is C13H18FN. The Balaban J connectivity index is 2.14. The number of halogens is 1. The highest BCUT2D eigenvalue weighted by Crippen LogP contribution is 2.28. The third kappa shape index (κ3) is 2.20. The van der Waals surface area contributed by atoms with E-state index in [0.29, 0.717) is 5.92 Å². The minimum absolute atomic E-state index is 0.164. The highest BCUT2D eigenvalue weighted by Gasteiger charge is 2.27. The molecule has 0 bridgehead atoms. The summed E-state index contributed by atoms with van der Waals surface area (Å²) in [5, 5.41) is 3.26. The first-order valence-corrected chi connectivity index (χ1v) is 5.70. The van der Waals surface area contributed by atoms with Gasteiger partial charge in [-0.2, -0.15) is 0 Å². The van der Waals surface area contributed by atoms with E-state index in [1.165, 1.54) is 11.1 Å². The molecule has 0 saturated carbocycles. The van der Waals surface area contributed by atoms with Gasteiger partial charge in [0, 0.05) is 24.9 Å². The fourth-order valence-electron chi connectivity index (χ4n) is 2.29. The van der Waals surface area contributed by atoms with E-state index in [1.54, 1.807) is 0 Å². The normalized spacial score (nSPS) is 25.7. The van der Waals surface area contributed by atoms with Crippen molar-refractivity contribution < 1.29 is 4.39 Å². The average molecular weight is 207 g/mol. The summed E-state index contributed by atoms with van der Waals surface area (Å²) in [4.78, 5) is 0. The molecule has 15 heavy (non-hydrogen) atoms. The lowest BCUT2D eigenvalue weighted by Gasteiger charge is -2.15. The number of hydrogen-bond donors (Lipinski definition) is 1. The van der Waals surface area contributed by atoms with Crippen LogP contribution < -0.4 is 5.32 Å². The van der Waals surface area contributed by atoms with E-state index in [1.807, 2.05) is 0 Å². The van der Waals surface area contributed by atoms with Gasteiger partial charge >= 0.3 is 0 Å². The predicted molar refractivity (Wildman–Crippen MR) is 60.9 cm³/mol. The van der Waals surface area contributed by atoms with Gasteiger partial charge in [0.05, 0.1) is 6.67 Å². The number of alkyl halides is 1. The van der Waals surface area contributed by atoms with Crippen molar-refractivity contribution >= 4 is 0 Å². The van der Waals surface area contributed by atoms with Crippen molar-refractivity contribution in [3.63, 3.8) is 0 Å². The highest BCUT2D eigenvalue weighted by molar-refractivity contribution is 5.27. The van der Waals surface area contributed by atoms with Crippen molar-refractivity contribution in [1.29, 1.82) is 0 Å². The average Bonchev–Trinajstić information content (AvgIpc) is 2.77. The summed E-state index contributed by atoms with van der Waals surface area (Å²) in [5.74, 6) is 0.526. The molecule has 1 saturated heterocycles. The van der Waals surface area contributed by atoms with Gasteiger partial charge in [-0.05, 0) is 17.5 Å². The molecule has 2 heteroatoms. The Hall–Kier alpha value is -0.890. The predicted octanol–water partition coefficient (Wildman–Crippen LogP) is 2.52. The van der Waals surface area contributed by atoms with E-state index in [-0.39, 0.29) is 12.6 Å². The Labute approximate surface area is 90.7 Å². The zero-order chi connectivity index (χ0) is 10.7. The minimum atomic E-state index is -0.215. The van der Waals surface area contributed by atoms with Gasteiger partial charge in [-0.1, -0.05) is 31.2 Å². The summed E-state index contributed by atoms with van der Waals surface area (Å²) < 4.78 is 12.7. The van der Waals surface area contributed by atoms with Crippen LogP contribution in [0.4, 0.5) is 4.39 Å². The topological polar surface area (TPSA) is 12.0 Å². The molecule has 0 aromatic heterocycles. The smallest absolute Gasteiger partial charge is 0.0941 e. The molecule has 2 rings (SSSR count).